The maximum Gasteiger partial charge on any atom is 0.318 e. The standard InChI is InChI=1S/C13H18N2O6S/c1-10(2)14(9-13(16)17)22(20,21)8-7-11-3-5-12(6-4-11)15(18)19/h3-6,10H,7-9H2,1-2H3,(H,16,17). The van der Waals surface area contributed by atoms with Crippen molar-refractivity contribution >= 4 is 21.7 Å². The van der Waals surface area contributed by atoms with Gasteiger partial charge in [0, 0.05) is 18.2 Å². The van der Waals surface area contributed by atoms with Crippen molar-refractivity contribution in [1.82, 2.24) is 4.31 Å². The summed E-state index contributed by atoms with van der Waals surface area (Å²) in [5.74, 6) is -1.47. The molecule has 0 spiro atoms. The first-order valence-corrected chi connectivity index (χ1v) is 8.19. The van der Waals surface area contributed by atoms with E-state index in [1.54, 1.807) is 13.8 Å². The lowest BCUT2D eigenvalue weighted by Crippen LogP contribution is -2.42. The van der Waals surface area contributed by atoms with E-state index in [2.05, 4.69) is 0 Å². The highest BCUT2D eigenvalue weighted by atomic mass is 32.2. The summed E-state index contributed by atoms with van der Waals surface area (Å²) in [7, 11) is -3.72. The number of rotatable bonds is 8. The van der Waals surface area contributed by atoms with Crippen LogP contribution >= 0.6 is 0 Å². The highest BCUT2D eigenvalue weighted by Crippen LogP contribution is 2.14. The van der Waals surface area contributed by atoms with Crippen molar-refractivity contribution in [3.05, 3.63) is 39.9 Å². The van der Waals surface area contributed by atoms with Gasteiger partial charge in [0.05, 0.1) is 10.7 Å². The third-order valence-electron chi connectivity index (χ3n) is 3.02. The molecule has 9 heteroatoms. The largest absolute Gasteiger partial charge is 0.480 e. The van der Waals surface area contributed by atoms with Crippen molar-refractivity contribution in [3.8, 4) is 0 Å². The predicted octanol–water partition coefficient (Wildman–Crippen LogP) is 1.26. The van der Waals surface area contributed by atoms with Gasteiger partial charge in [0.1, 0.15) is 6.54 Å². The van der Waals surface area contributed by atoms with Crippen LogP contribution in [0.15, 0.2) is 24.3 Å². The molecule has 0 aliphatic heterocycles. The summed E-state index contributed by atoms with van der Waals surface area (Å²) in [5.41, 5.74) is 0.564. The third kappa shape index (κ3) is 5.08. The van der Waals surface area contributed by atoms with Gasteiger partial charge in [-0.3, -0.25) is 14.9 Å². The number of benzene rings is 1. The highest BCUT2D eigenvalue weighted by Gasteiger charge is 2.26. The zero-order valence-electron chi connectivity index (χ0n) is 12.3. The van der Waals surface area contributed by atoms with Crippen LogP contribution in [0.2, 0.25) is 0 Å². The van der Waals surface area contributed by atoms with E-state index < -0.39 is 33.5 Å². The van der Waals surface area contributed by atoms with Crippen molar-refractivity contribution in [1.29, 1.82) is 0 Å². The third-order valence-corrected chi connectivity index (χ3v) is 5.01. The molecule has 0 atom stereocenters. The summed E-state index contributed by atoms with van der Waals surface area (Å²) >= 11 is 0. The van der Waals surface area contributed by atoms with Crippen LogP contribution in [0.5, 0.6) is 0 Å². The second-order valence-electron chi connectivity index (χ2n) is 5.02. The number of carboxylic acids is 1. The van der Waals surface area contributed by atoms with Crippen molar-refractivity contribution in [2.45, 2.75) is 26.3 Å². The minimum absolute atomic E-state index is 0.0682. The minimum atomic E-state index is -3.72. The number of aryl methyl sites for hydroxylation is 1. The molecule has 122 valence electrons. The van der Waals surface area contributed by atoms with Gasteiger partial charge in [-0.15, -0.1) is 0 Å². The van der Waals surface area contributed by atoms with Crippen molar-refractivity contribution in [2.24, 2.45) is 0 Å². The number of nitrogens with zero attached hydrogens (tertiary/aromatic N) is 2. The monoisotopic (exact) mass is 330 g/mol. The van der Waals surface area contributed by atoms with Crippen molar-refractivity contribution in [3.63, 3.8) is 0 Å². The molecule has 0 saturated heterocycles. The Morgan fingerprint density at radius 1 is 1.32 bits per heavy atom. The van der Waals surface area contributed by atoms with E-state index in [9.17, 15) is 23.3 Å². The Balaban J connectivity index is 2.79. The molecular weight excluding hydrogens is 312 g/mol. The van der Waals surface area contributed by atoms with Crippen LogP contribution in [0.4, 0.5) is 5.69 Å². The fourth-order valence-corrected chi connectivity index (χ4v) is 3.56. The first-order valence-electron chi connectivity index (χ1n) is 6.58. The molecule has 0 radical (unpaired) electrons. The van der Waals surface area contributed by atoms with E-state index in [0.29, 0.717) is 5.56 Å². The number of carbonyl (C=O) groups is 1. The average molecular weight is 330 g/mol. The van der Waals surface area contributed by atoms with Crippen LogP contribution in [0.25, 0.3) is 0 Å². The Hall–Kier alpha value is -2.00. The number of hydrogen-bond donors (Lipinski definition) is 1. The topological polar surface area (TPSA) is 118 Å². The molecule has 1 N–H and O–H groups in total. The van der Waals surface area contributed by atoms with E-state index in [4.69, 9.17) is 5.11 Å². The van der Waals surface area contributed by atoms with E-state index in [-0.39, 0.29) is 17.9 Å². The minimum Gasteiger partial charge on any atom is -0.480 e. The summed E-state index contributed by atoms with van der Waals surface area (Å²) < 4.78 is 25.4. The summed E-state index contributed by atoms with van der Waals surface area (Å²) in [4.78, 5) is 20.8. The number of carboxylic acid groups (broad SMARTS) is 1. The zero-order valence-corrected chi connectivity index (χ0v) is 13.1. The van der Waals surface area contributed by atoms with Gasteiger partial charge in [0.15, 0.2) is 0 Å². The molecule has 0 saturated carbocycles. The number of nitro groups is 1. The van der Waals surface area contributed by atoms with Gasteiger partial charge in [-0.25, -0.2) is 8.42 Å². The molecule has 0 bridgehead atoms. The lowest BCUT2D eigenvalue weighted by molar-refractivity contribution is -0.384. The van der Waals surface area contributed by atoms with Gasteiger partial charge in [0.2, 0.25) is 10.0 Å². The summed E-state index contributed by atoms with van der Waals surface area (Å²) in [5, 5.41) is 19.3. The predicted molar refractivity (Wildman–Crippen MR) is 80.1 cm³/mol. The lowest BCUT2D eigenvalue weighted by Gasteiger charge is -2.24. The Morgan fingerprint density at radius 2 is 1.86 bits per heavy atom. The maximum atomic E-state index is 12.2. The Morgan fingerprint density at radius 3 is 2.27 bits per heavy atom. The van der Waals surface area contributed by atoms with Crippen LogP contribution in [0.1, 0.15) is 19.4 Å². The molecule has 0 fully saturated rings. The SMILES string of the molecule is CC(C)N(CC(=O)O)S(=O)(=O)CCc1ccc([N+](=O)[O-])cc1. The molecular formula is C13H18N2O6S. The number of hydrogen-bond acceptors (Lipinski definition) is 5. The molecule has 1 aromatic carbocycles. The fourth-order valence-electron chi connectivity index (χ4n) is 1.88. The average Bonchev–Trinajstić information content (AvgIpc) is 2.42. The second-order valence-corrected chi connectivity index (χ2v) is 7.06. The summed E-state index contributed by atoms with van der Waals surface area (Å²) in [6, 6.07) is 5.13. The molecule has 1 aromatic rings. The van der Waals surface area contributed by atoms with Crippen molar-refractivity contribution in [2.75, 3.05) is 12.3 Å². The van der Waals surface area contributed by atoms with Gasteiger partial charge in [-0.05, 0) is 25.8 Å². The quantitative estimate of drug-likeness (QED) is 0.566. The van der Waals surface area contributed by atoms with E-state index in [0.717, 1.165) is 4.31 Å². The molecule has 0 amide bonds. The van der Waals surface area contributed by atoms with Gasteiger partial charge in [0.25, 0.3) is 5.69 Å². The van der Waals surface area contributed by atoms with Crippen LogP contribution < -0.4 is 0 Å². The number of aliphatic carboxylic acids is 1. The fraction of sp³-hybridized carbons (Fsp3) is 0.462. The van der Waals surface area contributed by atoms with E-state index >= 15 is 0 Å². The van der Waals surface area contributed by atoms with Crippen molar-refractivity contribution < 1.29 is 23.2 Å². The molecule has 8 nitrogen and oxygen atoms in total. The molecule has 0 unspecified atom stereocenters. The first-order chi connectivity index (χ1) is 10.1. The Bertz CT molecular complexity index is 639. The van der Waals surface area contributed by atoms with Crippen LogP contribution in [-0.2, 0) is 21.2 Å². The molecule has 22 heavy (non-hydrogen) atoms. The highest BCUT2D eigenvalue weighted by molar-refractivity contribution is 7.89. The molecule has 1 rings (SSSR count). The number of non-ortho nitro benzene ring substituents is 1. The molecule has 0 heterocycles. The lowest BCUT2D eigenvalue weighted by atomic mass is 10.1. The first kappa shape index (κ1) is 18.1. The second kappa shape index (κ2) is 7.32. The molecule has 0 aliphatic rings. The summed E-state index contributed by atoms with van der Waals surface area (Å²) in [6.45, 7) is 2.62. The van der Waals surface area contributed by atoms with Gasteiger partial charge >= 0.3 is 5.97 Å². The van der Waals surface area contributed by atoms with Crippen LogP contribution in [-0.4, -0.2) is 47.1 Å². The molecule has 0 aliphatic carbocycles. The van der Waals surface area contributed by atoms with Crippen LogP contribution in [0.3, 0.4) is 0 Å². The van der Waals surface area contributed by atoms with Gasteiger partial charge < -0.3 is 5.11 Å². The summed E-state index contributed by atoms with van der Waals surface area (Å²) in [6.07, 6.45) is 0.156. The normalized spacial score (nSPS) is 11.8. The molecule has 0 aromatic heterocycles. The smallest absolute Gasteiger partial charge is 0.318 e. The zero-order chi connectivity index (χ0) is 16.9. The van der Waals surface area contributed by atoms with E-state index in [1.165, 1.54) is 24.3 Å². The Kier molecular flexibility index (Phi) is 6.01. The number of nitro benzene ring substituents is 1. The van der Waals surface area contributed by atoms with E-state index in [1.807, 2.05) is 0 Å². The maximum absolute atomic E-state index is 12.2. The van der Waals surface area contributed by atoms with Gasteiger partial charge in [-0.1, -0.05) is 12.1 Å². The number of sulfonamides is 1. The van der Waals surface area contributed by atoms with Crippen LogP contribution in [0, 0.1) is 10.1 Å². The Labute approximate surface area is 128 Å². The van der Waals surface area contributed by atoms with Gasteiger partial charge in [-0.2, -0.15) is 4.31 Å².